The fraction of sp³-hybridized carbons (Fsp3) is 0.316. The molecule has 2 rings (SSSR count). The van der Waals surface area contributed by atoms with E-state index in [1.807, 2.05) is 49.4 Å². The van der Waals surface area contributed by atoms with E-state index in [0.29, 0.717) is 11.5 Å². The molecule has 0 saturated heterocycles. The highest BCUT2D eigenvalue weighted by molar-refractivity contribution is 8.00. The van der Waals surface area contributed by atoms with E-state index in [2.05, 4.69) is 12.2 Å². The number of thioether (sulfide) groups is 1. The zero-order chi connectivity index (χ0) is 17.5. The molecule has 0 aliphatic carbocycles. The number of rotatable bonds is 7. The highest BCUT2D eigenvalue weighted by Gasteiger charge is 2.16. The molecule has 1 atom stereocenters. The van der Waals surface area contributed by atoms with Crippen molar-refractivity contribution in [1.82, 2.24) is 0 Å². The van der Waals surface area contributed by atoms with E-state index in [1.54, 1.807) is 14.2 Å². The number of amides is 1. The Morgan fingerprint density at radius 2 is 1.83 bits per heavy atom. The second-order valence-electron chi connectivity index (χ2n) is 5.28. The van der Waals surface area contributed by atoms with Gasteiger partial charge in [0, 0.05) is 10.6 Å². The average Bonchev–Trinajstić information content (AvgIpc) is 2.61. The third-order valence-electron chi connectivity index (χ3n) is 3.69. The Hall–Kier alpha value is -2.14. The van der Waals surface area contributed by atoms with E-state index in [4.69, 9.17) is 9.47 Å². The summed E-state index contributed by atoms with van der Waals surface area (Å²) in [6, 6.07) is 13.5. The lowest BCUT2D eigenvalue weighted by molar-refractivity contribution is -0.115. The molecule has 5 heteroatoms. The van der Waals surface area contributed by atoms with Crippen molar-refractivity contribution >= 4 is 23.4 Å². The van der Waals surface area contributed by atoms with Crippen LogP contribution in [0, 0.1) is 0 Å². The van der Waals surface area contributed by atoms with Gasteiger partial charge in [0.15, 0.2) is 11.5 Å². The minimum absolute atomic E-state index is 0.0179. The number of para-hydroxylation sites is 1. The Balaban J connectivity index is 2.06. The summed E-state index contributed by atoms with van der Waals surface area (Å²) in [5.41, 5.74) is 2.01. The van der Waals surface area contributed by atoms with Gasteiger partial charge >= 0.3 is 0 Å². The van der Waals surface area contributed by atoms with Gasteiger partial charge < -0.3 is 14.8 Å². The van der Waals surface area contributed by atoms with Gasteiger partial charge in [0.2, 0.25) is 5.91 Å². The van der Waals surface area contributed by atoms with E-state index in [9.17, 15) is 4.79 Å². The molecule has 0 aliphatic rings. The van der Waals surface area contributed by atoms with E-state index >= 15 is 0 Å². The number of hydrogen-bond acceptors (Lipinski definition) is 4. The van der Waals surface area contributed by atoms with Crippen molar-refractivity contribution in [1.29, 1.82) is 0 Å². The molecular weight excluding hydrogens is 322 g/mol. The van der Waals surface area contributed by atoms with Crippen molar-refractivity contribution in [2.45, 2.75) is 30.4 Å². The number of methoxy groups -OCH3 is 2. The summed E-state index contributed by atoms with van der Waals surface area (Å²) in [4.78, 5) is 13.4. The summed E-state index contributed by atoms with van der Waals surface area (Å²) in [7, 11) is 3.20. The van der Waals surface area contributed by atoms with Crippen LogP contribution >= 0.6 is 11.8 Å². The van der Waals surface area contributed by atoms with Crippen LogP contribution in [0.1, 0.15) is 19.4 Å². The van der Waals surface area contributed by atoms with Crippen molar-refractivity contribution in [2.75, 3.05) is 19.5 Å². The zero-order valence-electron chi connectivity index (χ0n) is 14.5. The first-order valence-electron chi connectivity index (χ1n) is 7.86. The largest absolute Gasteiger partial charge is 0.493 e. The predicted molar refractivity (Wildman–Crippen MR) is 99.3 cm³/mol. The maximum Gasteiger partial charge on any atom is 0.237 e. The Bertz CT molecular complexity index is 703. The number of ether oxygens (including phenoxy) is 2. The summed E-state index contributed by atoms with van der Waals surface area (Å²) in [6.07, 6.45) is 0.883. The highest BCUT2D eigenvalue weighted by Crippen LogP contribution is 2.33. The molecule has 0 bridgehead atoms. The number of hydrogen-bond donors (Lipinski definition) is 1. The molecule has 0 aliphatic heterocycles. The monoisotopic (exact) mass is 345 g/mol. The van der Waals surface area contributed by atoms with Gasteiger partial charge in [-0.05, 0) is 43.2 Å². The van der Waals surface area contributed by atoms with Gasteiger partial charge in [-0.2, -0.15) is 0 Å². The lowest BCUT2D eigenvalue weighted by Gasteiger charge is -2.15. The number of aryl methyl sites for hydroxylation is 1. The van der Waals surface area contributed by atoms with Crippen LogP contribution in [0.4, 0.5) is 5.69 Å². The third kappa shape index (κ3) is 4.45. The van der Waals surface area contributed by atoms with Crippen molar-refractivity contribution in [3.8, 4) is 11.5 Å². The van der Waals surface area contributed by atoms with Crippen LogP contribution in [-0.2, 0) is 11.2 Å². The molecule has 0 aromatic heterocycles. The van der Waals surface area contributed by atoms with Gasteiger partial charge in [-0.3, -0.25) is 4.79 Å². The Morgan fingerprint density at radius 3 is 2.50 bits per heavy atom. The Labute approximate surface area is 147 Å². The van der Waals surface area contributed by atoms with Crippen LogP contribution in [-0.4, -0.2) is 25.4 Å². The minimum atomic E-state index is -0.229. The molecule has 0 heterocycles. The summed E-state index contributed by atoms with van der Waals surface area (Å²) in [5, 5.41) is 2.79. The van der Waals surface area contributed by atoms with Gasteiger partial charge in [0.25, 0.3) is 0 Å². The van der Waals surface area contributed by atoms with Crippen LogP contribution in [0.5, 0.6) is 11.5 Å². The standard InChI is InChI=1S/C19H23NO3S/c1-5-14-8-6-7-9-16(14)20-19(21)13(2)24-15-10-11-17(22-3)18(12-15)23-4/h6-13H,5H2,1-4H3,(H,20,21)/t13-/m0/s1. The maximum atomic E-state index is 12.5. The minimum Gasteiger partial charge on any atom is -0.493 e. The maximum absolute atomic E-state index is 12.5. The average molecular weight is 345 g/mol. The molecule has 0 unspecified atom stereocenters. The molecule has 4 nitrogen and oxygen atoms in total. The Morgan fingerprint density at radius 1 is 1.12 bits per heavy atom. The third-order valence-corrected chi connectivity index (χ3v) is 4.79. The summed E-state index contributed by atoms with van der Waals surface area (Å²) >= 11 is 1.49. The second-order valence-corrected chi connectivity index (χ2v) is 6.69. The second kappa shape index (κ2) is 8.64. The van der Waals surface area contributed by atoms with Gasteiger partial charge in [-0.15, -0.1) is 11.8 Å². The molecule has 0 saturated carbocycles. The van der Waals surface area contributed by atoms with Crippen molar-refractivity contribution < 1.29 is 14.3 Å². The number of anilines is 1. The molecule has 2 aromatic rings. The number of benzene rings is 2. The summed E-state index contributed by atoms with van der Waals surface area (Å²) in [6.45, 7) is 3.97. The van der Waals surface area contributed by atoms with Crippen molar-refractivity contribution in [3.63, 3.8) is 0 Å². The van der Waals surface area contributed by atoms with Crippen LogP contribution in [0.2, 0.25) is 0 Å². The molecule has 1 amide bonds. The first kappa shape index (κ1) is 18.2. The number of carbonyl (C=O) groups is 1. The molecule has 0 fully saturated rings. The van der Waals surface area contributed by atoms with Crippen LogP contribution in [0.25, 0.3) is 0 Å². The van der Waals surface area contributed by atoms with Gasteiger partial charge in [-0.1, -0.05) is 25.1 Å². The molecule has 24 heavy (non-hydrogen) atoms. The van der Waals surface area contributed by atoms with E-state index in [0.717, 1.165) is 22.6 Å². The SMILES string of the molecule is CCc1ccccc1NC(=O)[C@H](C)Sc1ccc(OC)c(OC)c1. The quantitative estimate of drug-likeness (QED) is 0.756. The van der Waals surface area contributed by atoms with Gasteiger partial charge in [0.1, 0.15) is 0 Å². The lowest BCUT2D eigenvalue weighted by Crippen LogP contribution is -2.23. The van der Waals surface area contributed by atoms with E-state index in [1.165, 1.54) is 11.8 Å². The lowest BCUT2D eigenvalue weighted by atomic mass is 10.1. The fourth-order valence-corrected chi connectivity index (χ4v) is 3.23. The van der Waals surface area contributed by atoms with E-state index in [-0.39, 0.29) is 11.2 Å². The number of nitrogens with one attached hydrogen (secondary N) is 1. The predicted octanol–water partition coefficient (Wildman–Crippen LogP) is 4.39. The molecular formula is C19H23NO3S. The first-order valence-corrected chi connectivity index (χ1v) is 8.74. The number of carbonyl (C=O) groups excluding carboxylic acids is 1. The van der Waals surface area contributed by atoms with Crippen LogP contribution in [0.15, 0.2) is 47.4 Å². The van der Waals surface area contributed by atoms with E-state index < -0.39 is 0 Å². The molecule has 128 valence electrons. The smallest absolute Gasteiger partial charge is 0.237 e. The van der Waals surface area contributed by atoms with Crippen molar-refractivity contribution in [3.05, 3.63) is 48.0 Å². The molecule has 0 spiro atoms. The van der Waals surface area contributed by atoms with Crippen LogP contribution < -0.4 is 14.8 Å². The summed E-state index contributed by atoms with van der Waals surface area (Å²) < 4.78 is 10.5. The van der Waals surface area contributed by atoms with Crippen molar-refractivity contribution in [2.24, 2.45) is 0 Å². The molecule has 2 aromatic carbocycles. The topological polar surface area (TPSA) is 47.6 Å². The summed E-state index contributed by atoms with van der Waals surface area (Å²) in [5.74, 6) is 1.32. The zero-order valence-corrected chi connectivity index (χ0v) is 15.3. The fourth-order valence-electron chi connectivity index (χ4n) is 2.33. The molecule has 1 N–H and O–H groups in total. The van der Waals surface area contributed by atoms with Gasteiger partial charge in [0.05, 0.1) is 19.5 Å². The first-order chi connectivity index (χ1) is 11.6. The molecule has 0 radical (unpaired) electrons. The normalized spacial score (nSPS) is 11.7. The van der Waals surface area contributed by atoms with Gasteiger partial charge in [-0.25, -0.2) is 0 Å². The highest BCUT2D eigenvalue weighted by atomic mass is 32.2. The Kier molecular flexibility index (Phi) is 6.55. The van der Waals surface area contributed by atoms with Crippen LogP contribution in [0.3, 0.4) is 0 Å².